The minimum atomic E-state index is -0.125. The van der Waals surface area contributed by atoms with Crippen molar-refractivity contribution < 1.29 is 9.90 Å². The van der Waals surface area contributed by atoms with Crippen LogP contribution in [0.5, 0.6) is 5.75 Å². The topological polar surface area (TPSA) is 66.3 Å². The third-order valence-corrected chi connectivity index (χ3v) is 8.41. The number of carbonyl (C=O) groups is 1. The monoisotopic (exact) mass is 443 g/mol. The summed E-state index contributed by atoms with van der Waals surface area (Å²) >= 11 is 6.20. The Kier molecular flexibility index (Phi) is 4.75. The van der Waals surface area contributed by atoms with E-state index < -0.39 is 0 Å². The van der Waals surface area contributed by atoms with Crippen molar-refractivity contribution in [3.8, 4) is 5.75 Å². The van der Waals surface area contributed by atoms with Gasteiger partial charge in [0.05, 0.1) is 16.0 Å². The lowest BCUT2D eigenvalue weighted by molar-refractivity contribution is -0.115. The van der Waals surface area contributed by atoms with E-state index in [1.165, 1.54) is 23.1 Å². The first kappa shape index (κ1) is 18.0. The summed E-state index contributed by atoms with van der Waals surface area (Å²) in [4.78, 5) is 23.6. The number of phenolic OH excluding ortho intramolecular Hbond substituents is 1. The average molecular weight is 444 g/mol. The Hall–Kier alpha value is -2.07. The summed E-state index contributed by atoms with van der Waals surface area (Å²) in [6, 6.07) is 15.1. The van der Waals surface area contributed by atoms with Gasteiger partial charge in [-0.3, -0.25) is 9.69 Å². The van der Waals surface area contributed by atoms with Gasteiger partial charge in [-0.1, -0.05) is 24.3 Å². The van der Waals surface area contributed by atoms with Gasteiger partial charge in [0.15, 0.2) is 9.47 Å². The molecule has 0 radical (unpaired) electrons. The van der Waals surface area contributed by atoms with Gasteiger partial charge in [0, 0.05) is 5.38 Å². The maximum Gasteiger partial charge on any atom is 0.240 e. The summed E-state index contributed by atoms with van der Waals surface area (Å²) in [5.74, 6) is 0.688. The van der Waals surface area contributed by atoms with Crippen LogP contribution >= 0.6 is 46.2 Å². The third kappa shape index (κ3) is 3.39. The van der Waals surface area contributed by atoms with Crippen LogP contribution in [-0.4, -0.2) is 26.7 Å². The van der Waals surface area contributed by atoms with Crippen LogP contribution in [0.2, 0.25) is 0 Å². The lowest BCUT2D eigenvalue weighted by atomic mass is 10.2. The van der Waals surface area contributed by atoms with Gasteiger partial charge in [-0.15, -0.1) is 34.4 Å². The fourth-order valence-electron chi connectivity index (χ4n) is 2.91. The number of para-hydroxylation sites is 1. The highest BCUT2D eigenvalue weighted by Gasteiger charge is 2.35. The fraction of sp³-hybridized carbons (Fsp3) is 0.105. The van der Waals surface area contributed by atoms with E-state index in [9.17, 15) is 9.90 Å². The summed E-state index contributed by atoms with van der Waals surface area (Å²) in [6.45, 7) is 0. The number of phenols is 1. The number of carbonyl (C=O) groups excluding carboxylic acids is 1. The lowest BCUT2D eigenvalue weighted by Gasteiger charge is -2.21. The summed E-state index contributed by atoms with van der Waals surface area (Å²) in [5, 5.41) is 12.9. The molecule has 1 saturated heterocycles. The van der Waals surface area contributed by atoms with E-state index in [0.29, 0.717) is 10.9 Å². The number of nitrogens with zero attached hydrogens (tertiary/aromatic N) is 3. The van der Waals surface area contributed by atoms with E-state index in [-0.39, 0.29) is 17.0 Å². The molecular weight excluding hydrogens is 430 g/mol. The van der Waals surface area contributed by atoms with Gasteiger partial charge in [-0.25, -0.2) is 9.97 Å². The molecule has 0 aliphatic carbocycles. The van der Waals surface area contributed by atoms with Crippen molar-refractivity contribution in [3.63, 3.8) is 0 Å². The number of thioether (sulfide) groups is 1. The Morgan fingerprint density at radius 3 is 2.75 bits per heavy atom. The van der Waals surface area contributed by atoms with Crippen LogP contribution in [-0.2, 0) is 4.79 Å². The smallest absolute Gasteiger partial charge is 0.240 e. The molecule has 5 nitrogen and oxygen atoms in total. The maximum absolute atomic E-state index is 12.5. The van der Waals surface area contributed by atoms with Gasteiger partial charge >= 0.3 is 0 Å². The minimum Gasteiger partial charge on any atom is -0.508 e. The van der Waals surface area contributed by atoms with Crippen LogP contribution in [0.3, 0.4) is 0 Å². The molecule has 0 bridgehead atoms. The number of hydrogen-bond donors (Lipinski definition) is 1. The second-order valence-electron chi connectivity index (χ2n) is 6.04. The van der Waals surface area contributed by atoms with Gasteiger partial charge < -0.3 is 5.11 Å². The summed E-state index contributed by atoms with van der Waals surface area (Å²) in [5.41, 5.74) is 1.97. The van der Waals surface area contributed by atoms with Crippen molar-refractivity contribution >= 4 is 67.5 Å². The SMILES string of the molecule is O=C1CSC(c2ccc(O)cc2)N1c1nc(Sc2nc3ccccc3s2)cs1. The van der Waals surface area contributed by atoms with E-state index in [0.717, 1.165) is 25.1 Å². The maximum atomic E-state index is 12.5. The zero-order chi connectivity index (χ0) is 19.1. The Morgan fingerprint density at radius 2 is 1.93 bits per heavy atom. The predicted molar refractivity (Wildman–Crippen MR) is 117 cm³/mol. The molecule has 0 saturated carbocycles. The number of anilines is 1. The molecule has 4 aromatic rings. The van der Waals surface area contributed by atoms with Crippen LogP contribution in [0.1, 0.15) is 10.9 Å². The number of amides is 1. The molecule has 140 valence electrons. The molecular formula is C19H13N3O2S4. The first-order valence-electron chi connectivity index (χ1n) is 8.39. The molecule has 1 aliphatic heterocycles. The number of hydrogen-bond acceptors (Lipinski definition) is 8. The van der Waals surface area contributed by atoms with E-state index >= 15 is 0 Å². The van der Waals surface area contributed by atoms with Gasteiger partial charge in [-0.2, -0.15) is 0 Å². The van der Waals surface area contributed by atoms with Crippen LogP contribution in [0.4, 0.5) is 5.13 Å². The quantitative estimate of drug-likeness (QED) is 0.456. The number of rotatable bonds is 4. The Morgan fingerprint density at radius 1 is 1.11 bits per heavy atom. The van der Waals surface area contributed by atoms with Crippen molar-refractivity contribution in [3.05, 3.63) is 59.5 Å². The molecule has 1 atom stereocenters. The molecule has 1 N–H and O–H groups in total. The number of aromatic hydroxyl groups is 1. The summed E-state index contributed by atoms with van der Waals surface area (Å²) < 4.78 is 2.09. The van der Waals surface area contributed by atoms with Gasteiger partial charge in [0.2, 0.25) is 5.91 Å². The first-order valence-corrected chi connectivity index (χ1v) is 11.9. The minimum absolute atomic E-state index is 0.0500. The van der Waals surface area contributed by atoms with Crippen LogP contribution in [0.15, 0.2) is 63.3 Å². The van der Waals surface area contributed by atoms with Crippen LogP contribution in [0.25, 0.3) is 10.2 Å². The standard InChI is InChI=1S/C19H13N3O2S4/c23-12-7-5-11(6-8-12)17-22(16(24)10-25-17)18-21-15(9-26-18)28-19-20-13-3-1-2-4-14(13)27-19/h1-9,17,23H,10H2. The average Bonchev–Trinajstić information content (AvgIpc) is 3.40. The predicted octanol–water partition coefficient (Wildman–Crippen LogP) is 5.39. The van der Waals surface area contributed by atoms with E-state index in [1.54, 1.807) is 40.1 Å². The Bertz CT molecular complexity index is 1120. The first-order chi connectivity index (χ1) is 13.7. The van der Waals surface area contributed by atoms with Crippen molar-refractivity contribution in [2.24, 2.45) is 0 Å². The van der Waals surface area contributed by atoms with Crippen molar-refractivity contribution in [1.29, 1.82) is 0 Å². The van der Waals surface area contributed by atoms with Crippen LogP contribution in [0, 0.1) is 0 Å². The highest BCUT2D eigenvalue weighted by molar-refractivity contribution is 8.01. The molecule has 1 amide bonds. The molecule has 3 heterocycles. The zero-order valence-electron chi connectivity index (χ0n) is 14.3. The Labute approximate surface area is 177 Å². The van der Waals surface area contributed by atoms with Crippen LogP contribution < -0.4 is 4.90 Å². The number of aromatic nitrogens is 2. The van der Waals surface area contributed by atoms with Gasteiger partial charge in [0.25, 0.3) is 0 Å². The fourth-order valence-corrected chi connectivity index (χ4v) is 7.10. The zero-order valence-corrected chi connectivity index (χ0v) is 17.6. The number of benzene rings is 2. The summed E-state index contributed by atoms with van der Waals surface area (Å²) in [6.07, 6.45) is 0. The molecule has 5 rings (SSSR count). The number of thiazole rings is 2. The third-order valence-electron chi connectivity index (χ3n) is 4.19. The van der Waals surface area contributed by atoms with Crippen molar-refractivity contribution in [1.82, 2.24) is 9.97 Å². The molecule has 1 aliphatic rings. The molecule has 0 spiro atoms. The van der Waals surface area contributed by atoms with Gasteiger partial charge in [0.1, 0.15) is 16.1 Å². The van der Waals surface area contributed by atoms with Crippen molar-refractivity contribution in [2.45, 2.75) is 14.7 Å². The largest absolute Gasteiger partial charge is 0.508 e. The lowest BCUT2D eigenvalue weighted by Crippen LogP contribution is -2.27. The second kappa shape index (κ2) is 7.40. The molecule has 2 aromatic carbocycles. The molecule has 2 aromatic heterocycles. The second-order valence-corrected chi connectivity index (χ2v) is 10.2. The summed E-state index contributed by atoms with van der Waals surface area (Å²) in [7, 11) is 0. The normalized spacial score (nSPS) is 16.9. The van der Waals surface area contributed by atoms with E-state index in [2.05, 4.69) is 11.1 Å². The molecule has 1 unspecified atom stereocenters. The molecule has 1 fully saturated rings. The highest BCUT2D eigenvalue weighted by Crippen LogP contribution is 2.44. The highest BCUT2D eigenvalue weighted by atomic mass is 32.2. The van der Waals surface area contributed by atoms with E-state index in [4.69, 9.17) is 4.98 Å². The van der Waals surface area contributed by atoms with Gasteiger partial charge in [-0.05, 0) is 41.6 Å². The molecule has 28 heavy (non-hydrogen) atoms. The Balaban J connectivity index is 1.40. The number of fused-ring (bicyclic) bond motifs is 1. The van der Waals surface area contributed by atoms with Crippen molar-refractivity contribution in [2.75, 3.05) is 10.7 Å². The van der Waals surface area contributed by atoms with E-state index in [1.807, 2.05) is 35.7 Å². The molecule has 9 heteroatoms.